The van der Waals surface area contributed by atoms with Crippen LogP contribution in [0.2, 0.25) is 0 Å². The molecule has 30 heavy (non-hydrogen) atoms. The van der Waals surface area contributed by atoms with Crippen LogP contribution < -0.4 is 10.2 Å². The number of amides is 1. The number of carbonyl (C=O) groups is 1. The molecule has 6 nitrogen and oxygen atoms in total. The van der Waals surface area contributed by atoms with Gasteiger partial charge in [0, 0.05) is 30.2 Å². The standard InChI is InChI=1S/C23H27N5OS/c1-4-27-12-11-18-5-8-19(13-21(18)27)25-22(29)14-30-23-26-24-15-28(23)20-9-6-17(7-10-20)16(2)3/h5-10,13,15-16H,4,11-12,14H2,1-3H3,(H,25,29). The van der Waals surface area contributed by atoms with Crippen LogP contribution in [0.15, 0.2) is 53.9 Å². The van der Waals surface area contributed by atoms with Gasteiger partial charge in [0.05, 0.1) is 5.75 Å². The Morgan fingerprint density at radius 1 is 1.20 bits per heavy atom. The van der Waals surface area contributed by atoms with Crippen LogP contribution in [0.25, 0.3) is 5.69 Å². The van der Waals surface area contributed by atoms with E-state index in [4.69, 9.17) is 0 Å². The first kappa shape index (κ1) is 20.5. The van der Waals surface area contributed by atoms with Crippen LogP contribution >= 0.6 is 11.8 Å². The molecular weight excluding hydrogens is 394 g/mol. The van der Waals surface area contributed by atoms with Gasteiger partial charge < -0.3 is 10.2 Å². The fourth-order valence-corrected chi connectivity index (χ4v) is 4.43. The fourth-order valence-electron chi connectivity index (χ4n) is 3.70. The van der Waals surface area contributed by atoms with E-state index < -0.39 is 0 Å². The van der Waals surface area contributed by atoms with Crippen LogP contribution in [0.3, 0.4) is 0 Å². The van der Waals surface area contributed by atoms with Gasteiger partial charge in [0.2, 0.25) is 5.91 Å². The second-order valence-corrected chi connectivity index (χ2v) is 8.68. The quantitative estimate of drug-likeness (QED) is 0.569. The van der Waals surface area contributed by atoms with Crippen molar-refractivity contribution in [2.24, 2.45) is 0 Å². The first-order valence-corrected chi connectivity index (χ1v) is 11.3. The Labute approximate surface area is 181 Å². The molecule has 2 heterocycles. The Hall–Kier alpha value is -2.80. The molecule has 1 amide bonds. The zero-order valence-electron chi connectivity index (χ0n) is 17.6. The van der Waals surface area contributed by atoms with Crippen molar-refractivity contribution in [3.05, 3.63) is 59.9 Å². The lowest BCUT2D eigenvalue weighted by molar-refractivity contribution is -0.113. The average molecular weight is 422 g/mol. The van der Waals surface area contributed by atoms with Crippen LogP contribution in [-0.4, -0.2) is 39.5 Å². The molecule has 0 fully saturated rings. The van der Waals surface area contributed by atoms with Gasteiger partial charge in [-0.15, -0.1) is 10.2 Å². The van der Waals surface area contributed by atoms with Gasteiger partial charge in [0.1, 0.15) is 6.33 Å². The molecule has 1 aliphatic heterocycles. The van der Waals surface area contributed by atoms with Gasteiger partial charge in [-0.25, -0.2) is 0 Å². The molecule has 2 aromatic carbocycles. The summed E-state index contributed by atoms with van der Waals surface area (Å²) in [6, 6.07) is 14.5. The third-order valence-corrected chi connectivity index (χ3v) is 6.37. The van der Waals surface area contributed by atoms with Crippen molar-refractivity contribution < 1.29 is 4.79 Å². The molecule has 3 aromatic rings. The average Bonchev–Trinajstić information content (AvgIpc) is 3.38. The molecular formula is C23H27N5OS. The number of thioether (sulfide) groups is 1. The highest BCUT2D eigenvalue weighted by Crippen LogP contribution is 2.30. The maximum absolute atomic E-state index is 12.5. The Bertz CT molecular complexity index is 1030. The van der Waals surface area contributed by atoms with E-state index >= 15 is 0 Å². The molecule has 0 bridgehead atoms. The number of likely N-dealkylation sites (N-methyl/N-ethyl adjacent to an activating group) is 1. The van der Waals surface area contributed by atoms with Gasteiger partial charge in [-0.3, -0.25) is 9.36 Å². The van der Waals surface area contributed by atoms with Crippen LogP contribution in [0.1, 0.15) is 37.8 Å². The molecule has 0 atom stereocenters. The molecule has 0 radical (unpaired) electrons. The predicted octanol–water partition coefficient (Wildman–Crippen LogP) is 4.50. The van der Waals surface area contributed by atoms with Gasteiger partial charge >= 0.3 is 0 Å². The number of carbonyl (C=O) groups excluding carboxylic acids is 1. The number of hydrogen-bond acceptors (Lipinski definition) is 5. The predicted molar refractivity (Wildman–Crippen MR) is 123 cm³/mol. The first-order valence-electron chi connectivity index (χ1n) is 10.4. The van der Waals surface area contributed by atoms with Crippen molar-refractivity contribution in [3.8, 4) is 5.69 Å². The smallest absolute Gasteiger partial charge is 0.234 e. The highest BCUT2D eigenvalue weighted by molar-refractivity contribution is 7.99. The Morgan fingerprint density at radius 3 is 2.73 bits per heavy atom. The number of fused-ring (bicyclic) bond motifs is 1. The second-order valence-electron chi connectivity index (χ2n) is 7.74. The highest BCUT2D eigenvalue weighted by Gasteiger charge is 2.18. The summed E-state index contributed by atoms with van der Waals surface area (Å²) in [7, 11) is 0. The monoisotopic (exact) mass is 421 g/mol. The Kier molecular flexibility index (Phi) is 6.08. The molecule has 0 aliphatic carbocycles. The third kappa shape index (κ3) is 4.36. The number of nitrogens with zero attached hydrogens (tertiary/aromatic N) is 4. The third-order valence-electron chi connectivity index (χ3n) is 5.43. The largest absolute Gasteiger partial charge is 0.371 e. The minimum atomic E-state index is -0.0503. The molecule has 1 aromatic heterocycles. The van der Waals surface area contributed by atoms with E-state index in [2.05, 4.69) is 77.6 Å². The van der Waals surface area contributed by atoms with Crippen LogP contribution in [-0.2, 0) is 11.2 Å². The molecule has 7 heteroatoms. The van der Waals surface area contributed by atoms with Gasteiger partial charge in [-0.2, -0.15) is 0 Å². The van der Waals surface area contributed by atoms with Crippen LogP contribution in [0.5, 0.6) is 0 Å². The summed E-state index contributed by atoms with van der Waals surface area (Å²) < 4.78 is 1.91. The summed E-state index contributed by atoms with van der Waals surface area (Å²) >= 11 is 1.38. The molecule has 156 valence electrons. The first-order chi connectivity index (χ1) is 14.5. The highest BCUT2D eigenvalue weighted by atomic mass is 32.2. The van der Waals surface area contributed by atoms with Gasteiger partial charge in [0.15, 0.2) is 5.16 Å². The van der Waals surface area contributed by atoms with Crippen molar-refractivity contribution in [1.82, 2.24) is 14.8 Å². The van der Waals surface area contributed by atoms with Crippen molar-refractivity contribution in [2.45, 2.75) is 38.3 Å². The molecule has 1 aliphatic rings. The summed E-state index contributed by atoms with van der Waals surface area (Å²) in [6.07, 6.45) is 2.76. The van der Waals surface area contributed by atoms with E-state index in [0.29, 0.717) is 11.1 Å². The van der Waals surface area contributed by atoms with Gasteiger partial charge in [0.25, 0.3) is 0 Å². The van der Waals surface area contributed by atoms with Crippen molar-refractivity contribution >= 4 is 29.0 Å². The summed E-state index contributed by atoms with van der Waals surface area (Å²) in [5.41, 5.74) is 5.70. The summed E-state index contributed by atoms with van der Waals surface area (Å²) in [5.74, 6) is 0.712. The van der Waals surface area contributed by atoms with E-state index in [9.17, 15) is 4.79 Å². The van der Waals surface area contributed by atoms with E-state index in [0.717, 1.165) is 30.9 Å². The fraction of sp³-hybridized carbons (Fsp3) is 0.348. The maximum atomic E-state index is 12.5. The SMILES string of the molecule is CCN1CCc2ccc(NC(=O)CSc3nncn3-c3ccc(C(C)C)cc3)cc21. The molecule has 0 unspecified atom stereocenters. The van der Waals surface area contributed by atoms with Crippen molar-refractivity contribution in [1.29, 1.82) is 0 Å². The lowest BCUT2D eigenvalue weighted by Gasteiger charge is -2.17. The van der Waals surface area contributed by atoms with Crippen molar-refractivity contribution in [2.75, 3.05) is 29.1 Å². The molecule has 4 rings (SSSR count). The maximum Gasteiger partial charge on any atom is 0.234 e. The topological polar surface area (TPSA) is 63.1 Å². The number of benzene rings is 2. The summed E-state index contributed by atoms with van der Waals surface area (Å²) in [5, 5.41) is 11.9. The number of aromatic nitrogens is 3. The second kappa shape index (κ2) is 8.92. The lowest BCUT2D eigenvalue weighted by atomic mass is 10.0. The van der Waals surface area contributed by atoms with E-state index in [1.165, 1.54) is 28.6 Å². The number of hydrogen-bond donors (Lipinski definition) is 1. The normalized spacial score (nSPS) is 13.0. The number of anilines is 2. The minimum absolute atomic E-state index is 0.0503. The Balaban J connectivity index is 1.39. The molecule has 0 saturated carbocycles. The van der Waals surface area contributed by atoms with Crippen molar-refractivity contribution in [3.63, 3.8) is 0 Å². The number of rotatable bonds is 7. The molecule has 0 saturated heterocycles. The Morgan fingerprint density at radius 2 is 2.00 bits per heavy atom. The van der Waals surface area contributed by atoms with Gasteiger partial charge in [-0.1, -0.05) is 43.8 Å². The zero-order valence-corrected chi connectivity index (χ0v) is 18.4. The van der Waals surface area contributed by atoms with Gasteiger partial charge in [-0.05, 0) is 54.7 Å². The van der Waals surface area contributed by atoms with E-state index in [1.807, 2.05) is 10.6 Å². The van der Waals surface area contributed by atoms with Crippen LogP contribution in [0.4, 0.5) is 11.4 Å². The summed E-state index contributed by atoms with van der Waals surface area (Å²) in [4.78, 5) is 14.9. The van der Waals surface area contributed by atoms with E-state index in [1.54, 1.807) is 6.33 Å². The molecule has 0 spiro atoms. The van der Waals surface area contributed by atoms with E-state index in [-0.39, 0.29) is 11.7 Å². The zero-order chi connectivity index (χ0) is 21.1. The summed E-state index contributed by atoms with van der Waals surface area (Å²) in [6.45, 7) is 8.54. The minimum Gasteiger partial charge on any atom is -0.371 e. The molecule has 1 N–H and O–H groups in total. The number of nitrogens with one attached hydrogen (secondary N) is 1. The lowest BCUT2D eigenvalue weighted by Crippen LogP contribution is -2.19. The van der Waals surface area contributed by atoms with Crippen LogP contribution in [0, 0.1) is 0 Å².